The molecule has 3 heterocycles. The Kier molecular flexibility index (Phi) is 14.9. The molecular formula is C49H53FN4O12. The molecule has 0 radical (unpaired) electrons. The van der Waals surface area contributed by atoms with Gasteiger partial charge in [-0.25, -0.2) is 14.0 Å². The van der Waals surface area contributed by atoms with E-state index in [1.807, 2.05) is 91.9 Å². The van der Waals surface area contributed by atoms with Crippen molar-refractivity contribution in [3.8, 4) is 11.1 Å². The number of nitrogens with one attached hydrogen (secondary N) is 1. The highest BCUT2D eigenvalue weighted by atomic mass is 19.1. The van der Waals surface area contributed by atoms with Gasteiger partial charge in [0.15, 0.2) is 31.0 Å². The Morgan fingerprint density at radius 2 is 1.48 bits per heavy atom. The highest BCUT2D eigenvalue weighted by Gasteiger charge is 2.55. The molecule has 66 heavy (non-hydrogen) atoms. The van der Waals surface area contributed by atoms with E-state index in [0.29, 0.717) is 11.1 Å². The number of carbonyl (C=O) groups is 3. The molecular weight excluding hydrogens is 856 g/mol. The normalized spacial score (nSPS) is 28.8. The molecule has 0 spiro atoms. The number of alkyl carbamates (subject to hydrolysis) is 1. The van der Waals surface area contributed by atoms with Gasteiger partial charge in [0.25, 0.3) is 0 Å². The van der Waals surface area contributed by atoms with Crippen molar-refractivity contribution in [1.29, 1.82) is 0 Å². The molecule has 0 saturated carbocycles. The fourth-order valence-corrected chi connectivity index (χ4v) is 9.09. The molecule has 4 aromatic rings. The molecule has 4 aliphatic rings. The molecule has 1 aliphatic carbocycles. The average molecular weight is 909 g/mol. The third-order valence-electron chi connectivity index (χ3n) is 12.7. The maximum absolute atomic E-state index is 14.5. The number of azide groups is 1. The molecule has 1 amide bonds. The quantitative estimate of drug-likeness (QED) is 0.0400. The molecule has 0 aromatic heterocycles. The van der Waals surface area contributed by atoms with Crippen molar-refractivity contribution in [2.75, 3.05) is 19.9 Å². The number of hydrogen-bond acceptors (Lipinski definition) is 13. The first kappa shape index (κ1) is 46.6. The third-order valence-corrected chi connectivity index (χ3v) is 12.7. The van der Waals surface area contributed by atoms with Crippen LogP contribution in [0.1, 0.15) is 62.2 Å². The summed E-state index contributed by atoms with van der Waals surface area (Å²) in [5.41, 5.74) is 15.5. The molecule has 13 atom stereocenters. The summed E-state index contributed by atoms with van der Waals surface area (Å²) >= 11 is 0. The largest absolute Gasteiger partial charge is 0.459 e. The molecule has 17 heteroatoms. The first-order valence-electron chi connectivity index (χ1n) is 22.1. The number of ether oxygens (including phenoxy) is 9. The lowest BCUT2D eigenvalue weighted by molar-refractivity contribution is -0.374. The molecule has 0 bridgehead atoms. The lowest BCUT2D eigenvalue weighted by Crippen LogP contribution is -2.65. The van der Waals surface area contributed by atoms with Crippen molar-refractivity contribution < 1.29 is 61.4 Å². The number of benzene rings is 4. The number of nitrogens with zero attached hydrogens (tertiary/aromatic N) is 3. The fraction of sp³-hybridized carbons (Fsp3) is 0.449. The van der Waals surface area contributed by atoms with E-state index in [1.165, 1.54) is 13.8 Å². The maximum Gasteiger partial charge on any atom is 0.407 e. The number of fused-ring (bicyclic) bond motifs is 4. The van der Waals surface area contributed by atoms with Crippen molar-refractivity contribution in [2.24, 2.45) is 17.0 Å². The Labute approximate surface area is 381 Å². The van der Waals surface area contributed by atoms with E-state index in [0.717, 1.165) is 22.3 Å². The van der Waals surface area contributed by atoms with E-state index < -0.39 is 98.2 Å². The highest BCUT2D eigenvalue weighted by molar-refractivity contribution is 5.82. The van der Waals surface area contributed by atoms with Crippen LogP contribution in [0.2, 0.25) is 0 Å². The van der Waals surface area contributed by atoms with Crippen LogP contribution < -0.4 is 5.32 Å². The second-order valence-corrected chi connectivity index (χ2v) is 16.9. The van der Waals surface area contributed by atoms with Gasteiger partial charge in [0, 0.05) is 29.2 Å². The van der Waals surface area contributed by atoms with Gasteiger partial charge in [0.2, 0.25) is 0 Å². The summed E-state index contributed by atoms with van der Waals surface area (Å²) in [6, 6.07) is 31.1. The predicted molar refractivity (Wildman–Crippen MR) is 234 cm³/mol. The van der Waals surface area contributed by atoms with Gasteiger partial charge in [-0.15, -0.1) is 0 Å². The molecule has 16 nitrogen and oxygen atoms in total. The van der Waals surface area contributed by atoms with Crippen molar-refractivity contribution in [2.45, 2.75) is 108 Å². The number of hydrogen-bond donors (Lipinski definition) is 1. The van der Waals surface area contributed by atoms with Crippen molar-refractivity contribution in [1.82, 2.24) is 5.32 Å². The van der Waals surface area contributed by atoms with Gasteiger partial charge < -0.3 is 47.9 Å². The zero-order valence-corrected chi connectivity index (χ0v) is 36.9. The lowest BCUT2D eigenvalue weighted by Gasteiger charge is -2.51. The number of amides is 1. The van der Waals surface area contributed by atoms with E-state index >= 15 is 0 Å². The van der Waals surface area contributed by atoms with Crippen LogP contribution in [0, 0.1) is 11.8 Å². The summed E-state index contributed by atoms with van der Waals surface area (Å²) in [4.78, 5) is 43.4. The summed E-state index contributed by atoms with van der Waals surface area (Å²) in [5.74, 6) is -2.50. The molecule has 5 unspecified atom stereocenters. The summed E-state index contributed by atoms with van der Waals surface area (Å²) < 4.78 is 70.1. The van der Waals surface area contributed by atoms with Crippen LogP contribution in [-0.2, 0) is 58.8 Å². The Balaban J connectivity index is 1.06. The van der Waals surface area contributed by atoms with Gasteiger partial charge in [0.1, 0.15) is 44.2 Å². The number of halogens is 1. The third kappa shape index (κ3) is 10.2. The maximum atomic E-state index is 14.5. The highest BCUT2D eigenvalue weighted by Crippen LogP contribution is 2.45. The van der Waals surface area contributed by atoms with Crippen molar-refractivity contribution >= 4 is 18.0 Å². The van der Waals surface area contributed by atoms with Gasteiger partial charge >= 0.3 is 18.0 Å². The van der Waals surface area contributed by atoms with Crippen LogP contribution in [0.4, 0.5) is 9.18 Å². The monoisotopic (exact) mass is 908 g/mol. The van der Waals surface area contributed by atoms with Crippen LogP contribution in [0.25, 0.3) is 21.6 Å². The van der Waals surface area contributed by atoms with Crippen LogP contribution in [-0.4, -0.2) is 99.2 Å². The van der Waals surface area contributed by atoms with Crippen molar-refractivity contribution in [3.05, 3.63) is 142 Å². The summed E-state index contributed by atoms with van der Waals surface area (Å²) in [6.45, 7) is 5.32. The van der Waals surface area contributed by atoms with E-state index in [4.69, 9.17) is 42.6 Å². The van der Waals surface area contributed by atoms with Gasteiger partial charge in [-0.1, -0.05) is 128 Å². The number of alkyl halides is 1. The van der Waals surface area contributed by atoms with Crippen LogP contribution >= 0.6 is 0 Å². The second kappa shape index (κ2) is 21.2. The predicted octanol–water partition coefficient (Wildman–Crippen LogP) is 7.84. The SMILES string of the molecule is CC(=O)OC1[C@H](O[C@@H]2C(N=[N+]=[N-])[C@@H](O[C@H](C)[C@H](NC(=O)OCC3c4ccccc4-c4ccccc43)C(=O)OCc3ccccc3)OC3COC(c4ccccc4)O[C@@H]32)OC(CF)[C@H](C)[C@@H]1C. The molecule has 8 rings (SSSR count). The standard InChI is InChI=1S/C49H53FN4O12/c1-27-28(2)42(62-30(4)55)48(63-38(27)23-50)66-44-41(53-54-51)47(64-39-26-59-46(65-43(39)44)32-17-9-6-10-18-32)61-29(3)40(45(56)58-24-31-15-7-5-8-16-31)52-49(57)60-25-37-35-21-13-11-19-33(35)34-20-12-14-22-36(34)37/h5-22,27-29,37-44,46-48H,23-26H2,1-4H3,(H,52,57)/t27-,28+,29-,38?,39?,40+,41?,42?,43+,44-,46?,47+,48+/m1/s1. The fourth-order valence-electron chi connectivity index (χ4n) is 9.09. The zero-order valence-electron chi connectivity index (χ0n) is 36.9. The van der Waals surface area contributed by atoms with Gasteiger partial charge in [-0.3, -0.25) is 4.79 Å². The first-order chi connectivity index (χ1) is 32.0. The van der Waals surface area contributed by atoms with E-state index in [9.17, 15) is 24.3 Å². The first-order valence-corrected chi connectivity index (χ1v) is 22.1. The molecule has 3 aliphatic heterocycles. The number of carbonyl (C=O) groups excluding carboxylic acids is 3. The zero-order chi connectivity index (χ0) is 46.3. The second-order valence-electron chi connectivity index (χ2n) is 16.9. The lowest BCUT2D eigenvalue weighted by atomic mass is 9.83. The molecule has 348 valence electrons. The van der Waals surface area contributed by atoms with Crippen molar-refractivity contribution in [3.63, 3.8) is 0 Å². The van der Waals surface area contributed by atoms with E-state index in [-0.39, 0.29) is 31.7 Å². The smallest absolute Gasteiger partial charge is 0.407 e. The van der Waals surface area contributed by atoms with Crippen LogP contribution in [0.3, 0.4) is 0 Å². The van der Waals surface area contributed by atoms with Crippen LogP contribution in [0.15, 0.2) is 114 Å². The number of esters is 2. The summed E-state index contributed by atoms with van der Waals surface area (Å²) in [5, 5.41) is 6.74. The van der Waals surface area contributed by atoms with E-state index in [1.54, 1.807) is 31.2 Å². The minimum Gasteiger partial charge on any atom is -0.459 e. The topological polar surface area (TPSA) is 195 Å². The van der Waals surface area contributed by atoms with E-state index in [2.05, 4.69) is 15.3 Å². The van der Waals surface area contributed by atoms with Gasteiger partial charge in [-0.2, -0.15) is 0 Å². The minimum atomic E-state index is -1.49. The minimum absolute atomic E-state index is 0.0319. The average Bonchev–Trinajstić information content (AvgIpc) is 3.66. The van der Waals surface area contributed by atoms with Crippen LogP contribution in [0.5, 0.6) is 0 Å². The van der Waals surface area contributed by atoms with Gasteiger partial charge in [-0.05, 0) is 46.2 Å². The number of rotatable bonds is 15. The Hall–Kier alpha value is -5.91. The Morgan fingerprint density at radius 1 is 0.833 bits per heavy atom. The summed E-state index contributed by atoms with van der Waals surface area (Å²) in [6.07, 6.45) is -11.0. The summed E-state index contributed by atoms with van der Waals surface area (Å²) in [7, 11) is 0. The Bertz CT molecular complexity index is 2310. The molecule has 3 fully saturated rings. The Morgan fingerprint density at radius 3 is 2.14 bits per heavy atom. The molecule has 1 N–H and O–H groups in total. The van der Waals surface area contributed by atoms with Gasteiger partial charge in [0.05, 0.1) is 18.8 Å². The molecule has 3 saturated heterocycles. The molecule has 4 aromatic carbocycles.